The Morgan fingerprint density at radius 1 is 1.14 bits per heavy atom. The first-order valence-electron chi connectivity index (χ1n) is 10.8. The quantitative estimate of drug-likeness (QED) is 0.270. The van der Waals surface area contributed by atoms with Crippen LogP contribution in [0.25, 0.3) is 0 Å². The number of hydrogen-bond donors (Lipinski definition) is 2. The molecular formula is C20H38IN7. The molecule has 1 saturated heterocycles. The molecule has 2 aliphatic rings. The zero-order valence-electron chi connectivity index (χ0n) is 17.8. The number of piperidine rings is 1. The molecule has 0 atom stereocenters. The Kier molecular flexibility index (Phi) is 9.98. The molecule has 0 saturated carbocycles. The summed E-state index contributed by atoms with van der Waals surface area (Å²) in [6, 6.07) is 1.18. The highest BCUT2D eigenvalue weighted by Gasteiger charge is 2.21. The number of hydrogen-bond acceptors (Lipinski definition) is 4. The Morgan fingerprint density at radius 3 is 2.64 bits per heavy atom. The normalized spacial score (nSPS) is 19.1. The van der Waals surface area contributed by atoms with Crippen LogP contribution in [0.5, 0.6) is 0 Å². The van der Waals surface area contributed by atoms with Crippen molar-refractivity contribution in [1.29, 1.82) is 0 Å². The van der Waals surface area contributed by atoms with Gasteiger partial charge in [-0.25, -0.2) is 0 Å². The molecule has 2 aliphatic heterocycles. The number of nitrogens with one attached hydrogen (secondary N) is 2. The summed E-state index contributed by atoms with van der Waals surface area (Å²) in [5.74, 6) is 3.26. The molecule has 1 fully saturated rings. The van der Waals surface area contributed by atoms with Gasteiger partial charge in [0.1, 0.15) is 11.6 Å². The van der Waals surface area contributed by atoms with E-state index in [9.17, 15) is 0 Å². The third-order valence-corrected chi connectivity index (χ3v) is 5.88. The fourth-order valence-corrected chi connectivity index (χ4v) is 4.13. The fourth-order valence-electron chi connectivity index (χ4n) is 4.13. The van der Waals surface area contributed by atoms with Crippen LogP contribution in [0.4, 0.5) is 0 Å². The van der Waals surface area contributed by atoms with Crippen LogP contribution in [-0.2, 0) is 19.4 Å². The van der Waals surface area contributed by atoms with E-state index in [1.807, 2.05) is 7.05 Å². The summed E-state index contributed by atoms with van der Waals surface area (Å²) < 4.78 is 2.35. The standard InChI is InChI=1S/C20H37N7.HI/c1-16(2)26-14-10-17(11-15-26)23-20(21-3)22-12-7-9-19-25-24-18-8-5-4-6-13-27(18)19;/h16-17H,4-15H2,1-3H3,(H2,21,22,23);1H. The van der Waals surface area contributed by atoms with Gasteiger partial charge in [-0.2, -0.15) is 0 Å². The molecule has 0 radical (unpaired) electrons. The van der Waals surface area contributed by atoms with Gasteiger partial charge in [0.2, 0.25) is 0 Å². The maximum absolute atomic E-state index is 4.43. The van der Waals surface area contributed by atoms with Gasteiger partial charge >= 0.3 is 0 Å². The molecule has 7 nitrogen and oxygen atoms in total. The predicted molar refractivity (Wildman–Crippen MR) is 126 cm³/mol. The molecule has 0 aliphatic carbocycles. The molecule has 28 heavy (non-hydrogen) atoms. The van der Waals surface area contributed by atoms with Gasteiger partial charge in [-0.1, -0.05) is 6.42 Å². The van der Waals surface area contributed by atoms with Gasteiger partial charge in [-0.15, -0.1) is 34.2 Å². The number of halogens is 1. The Labute approximate surface area is 187 Å². The van der Waals surface area contributed by atoms with E-state index < -0.39 is 0 Å². The average Bonchev–Trinajstić information content (AvgIpc) is 2.90. The lowest BCUT2D eigenvalue weighted by Gasteiger charge is -2.35. The van der Waals surface area contributed by atoms with Crippen molar-refractivity contribution in [3.05, 3.63) is 11.6 Å². The van der Waals surface area contributed by atoms with Crippen molar-refractivity contribution in [1.82, 2.24) is 30.3 Å². The molecule has 160 valence electrons. The number of fused-ring (bicyclic) bond motifs is 1. The highest BCUT2D eigenvalue weighted by atomic mass is 127. The van der Waals surface area contributed by atoms with Crippen LogP contribution in [0.2, 0.25) is 0 Å². The summed E-state index contributed by atoms with van der Waals surface area (Å²) in [6.45, 7) is 8.90. The molecule has 2 N–H and O–H groups in total. The van der Waals surface area contributed by atoms with Crippen molar-refractivity contribution in [2.24, 2.45) is 4.99 Å². The van der Waals surface area contributed by atoms with Crippen molar-refractivity contribution < 1.29 is 0 Å². The molecule has 3 rings (SSSR count). The van der Waals surface area contributed by atoms with Gasteiger partial charge in [0.25, 0.3) is 0 Å². The SMILES string of the molecule is CN=C(NCCCc1nnc2n1CCCCC2)NC1CCN(C(C)C)CC1.I. The average molecular weight is 503 g/mol. The largest absolute Gasteiger partial charge is 0.356 e. The monoisotopic (exact) mass is 503 g/mol. The molecule has 0 unspecified atom stereocenters. The second-order valence-electron chi connectivity index (χ2n) is 8.15. The Hall–Kier alpha value is -0.900. The third kappa shape index (κ3) is 6.57. The minimum absolute atomic E-state index is 0. The fraction of sp³-hybridized carbons (Fsp3) is 0.850. The van der Waals surface area contributed by atoms with Crippen molar-refractivity contribution in [3.63, 3.8) is 0 Å². The van der Waals surface area contributed by atoms with Crippen LogP contribution >= 0.6 is 24.0 Å². The van der Waals surface area contributed by atoms with Gasteiger partial charge in [-0.3, -0.25) is 4.99 Å². The van der Waals surface area contributed by atoms with Gasteiger partial charge in [0.15, 0.2) is 5.96 Å². The minimum atomic E-state index is 0. The first kappa shape index (κ1) is 23.4. The molecule has 0 aromatic carbocycles. The van der Waals surface area contributed by atoms with Crippen LogP contribution in [-0.4, -0.2) is 64.4 Å². The van der Waals surface area contributed by atoms with Gasteiger partial charge < -0.3 is 20.1 Å². The van der Waals surface area contributed by atoms with Crippen LogP contribution in [0, 0.1) is 0 Å². The van der Waals surface area contributed by atoms with Crippen molar-refractivity contribution >= 4 is 29.9 Å². The van der Waals surface area contributed by atoms with Crippen LogP contribution in [0.15, 0.2) is 4.99 Å². The topological polar surface area (TPSA) is 70.4 Å². The number of likely N-dealkylation sites (tertiary alicyclic amines) is 1. The Morgan fingerprint density at radius 2 is 1.93 bits per heavy atom. The van der Waals surface area contributed by atoms with E-state index in [0.29, 0.717) is 12.1 Å². The lowest BCUT2D eigenvalue weighted by Crippen LogP contribution is -2.50. The van der Waals surface area contributed by atoms with E-state index in [1.165, 1.54) is 51.0 Å². The number of guanidine groups is 1. The Bertz CT molecular complexity index is 606. The summed E-state index contributed by atoms with van der Waals surface area (Å²) >= 11 is 0. The van der Waals surface area contributed by atoms with Gasteiger partial charge in [-0.05, 0) is 46.0 Å². The molecule has 0 amide bonds. The predicted octanol–water partition coefficient (Wildman–Crippen LogP) is 2.59. The summed E-state index contributed by atoms with van der Waals surface area (Å²) in [5, 5.41) is 15.9. The highest BCUT2D eigenvalue weighted by molar-refractivity contribution is 14.0. The van der Waals surface area contributed by atoms with Crippen LogP contribution in [0.1, 0.15) is 64.0 Å². The highest BCUT2D eigenvalue weighted by Crippen LogP contribution is 2.15. The molecule has 0 spiro atoms. The number of rotatable bonds is 6. The zero-order valence-corrected chi connectivity index (χ0v) is 20.1. The Balaban J connectivity index is 0.00000280. The zero-order chi connectivity index (χ0) is 19.1. The smallest absolute Gasteiger partial charge is 0.191 e. The van der Waals surface area contributed by atoms with Crippen molar-refractivity contribution in [2.45, 2.75) is 83.8 Å². The maximum atomic E-state index is 4.43. The number of aromatic nitrogens is 3. The third-order valence-electron chi connectivity index (χ3n) is 5.88. The van der Waals surface area contributed by atoms with Crippen molar-refractivity contribution in [2.75, 3.05) is 26.7 Å². The lowest BCUT2D eigenvalue weighted by molar-refractivity contribution is 0.167. The van der Waals surface area contributed by atoms with Crippen LogP contribution < -0.4 is 10.6 Å². The molecule has 1 aromatic heterocycles. The summed E-state index contributed by atoms with van der Waals surface area (Å²) in [6.07, 6.45) is 9.28. The summed E-state index contributed by atoms with van der Waals surface area (Å²) in [4.78, 5) is 6.95. The number of aryl methyl sites for hydroxylation is 2. The van der Waals surface area contributed by atoms with Gasteiger partial charge in [0, 0.05) is 58.2 Å². The minimum Gasteiger partial charge on any atom is -0.356 e. The van der Waals surface area contributed by atoms with E-state index in [0.717, 1.165) is 44.1 Å². The van der Waals surface area contributed by atoms with Gasteiger partial charge in [0.05, 0.1) is 0 Å². The van der Waals surface area contributed by atoms with E-state index in [2.05, 4.69) is 49.1 Å². The lowest BCUT2D eigenvalue weighted by atomic mass is 10.0. The van der Waals surface area contributed by atoms with E-state index in [1.54, 1.807) is 0 Å². The first-order chi connectivity index (χ1) is 13.2. The first-order valence-corrected chi connectivity index (χ1v) is 10.8. The van der Waals surface area contributed by atoms with E-state index in [-0.39, 0.29) is 24.0 Å². The second-order valence-corrected chi connectivity index (χ2v) is 8.15. The number of aliphatic imine (C=N–C) groups is 1. The molecule has 3 heterocycles. The number of nitrogens with zero attached hydrogens (tertiary/aromatic N) is 5. The van der Waals surface area contributed by atoms with E-state index in [4.69, 9.17) is 0 Å². The summed E-state index contributed by atoms with van der Waals surface area (Å²) in [5.41, 5.74) is 0. The van der Waals surface area contributed by atoms with Crippen molar-refractivity contribution in [3.8, 4) is 0 Å². The maximum Gasteiger partial charge on any atom is 0.191 e. The second kappa shape index (κ2) is 11.9. The molecule has 0 bridgehead atoms. The van der Waals surface area contributed by atoms with Crippen LogP contribution in [0.3, 0.4) is 0 Å². The summed E-state index contributed by atoms with van der Waals surface area (Å²) in [7, 11) is 1.86. The molecule has 1 aromatic rings. The molecule has 8 heteroatoms. The van der Waals surface area contributed by atoms with E-state index >= 15 is 0 Å². The molecular weight excluding hydrogens is 465 g/mol.